The van der Waals surface area contributed by atoms with Crippen LogP contribution in [0.25, 0.3) is 0 Å². The molecule has 1 fully saturated rings. The third-order valence-electron chi connectivity index (χ3n) is 2.47. The van der Waals surface area contributed by atoms with Crippen LogP contribution < -0.4 is 5.73 Å². The molecule has 12 heavy (non-hydrogen) atoms. The topological polar surface area (TPSA) is 35.2 Å². The van der Waals surface area contributed by atoms with E-state index in [0.29, 0.717) is 17.0 Å². The molecule has 0 spiro atoms. The number of rotatable bonds is 3. The van der Waals surface area contributed by atoms with Crippen LogP contribution in [0, 0.1) is 5.92 Å². The zero-order valence-electron chi connectivity index (χ0n) is 7.58. The minimum Gasteiger partial charge on any atom is -0.393 e. The highest BCUT2D eigenvalue weighted by Gasteiger charge is 2.24. The Morgan fingerprint density at radius 3 is 2.83 bits per heavy atom. The second-order valence-electron chi connectivity index (χ2n) is 3.32. The molecule has 2 unspecified atom stereocenters. The Labute approximate surface area is 79.5 Å². The van der Waals surface area contributed by atoms with Crippen LogP contribution in [-0.2, 0) is 4.74 Å². The average molecular weight is 187 g/mol. The molecule has 1 saturated heterocycles. The van der Waals surface area contributed by atoms with Crippen LogP contribution in [-0.4, -0.2) is 17.7 Å². The summed E-state index contributed by atoms with van der Waals surface area (Å²) >= 11 is 4.99. The van der Waals surface area contributed by atoms with Crippen LogP contribution in [0.15, 0.2) is 0 Å². The summed E-state index contributed by atoms with van der Waals surface area (Å²) in [5.41, 5.74) is 5.63. The van der Waals surface area contributed by atoms with E-state index < -0.39 is 0 Å². The predicted molar refractivity (Wildman–Crippen MR) is 54.2 cm³/mol. The average Bonchev–Trinajstić information content (AvgIpc) is 2.07. The van der Waals surface area contributed by atoms with Crippen molar-refractivity contribution in [1.29, 1.82) is 0 Å². The summed E-state index contributed by atoms with van der Waals surface area (Å²) in [6.45, 7) is 2.99. The van der Waals surface area contributed by atoms with Crippen molar-refractivity contribution in [2.45, 2.75) is 38.7 Å². The summed E-state index contributed by atoms with van der Waals surface area (Å²) in [5, 5.41) is 0. The Bertz CT molecular complexity index is 155. The largest absolute Gasteiger partial charge is 0.393 e. The standard InChI is InChI=1S/C9H17NOS/c1-2-7(9(10)12)8-5-3-4-6-11-8/h7-8H,2-6H2,1H3,(H2,10,12). The molecule has 0 radical (unpaired) electrons. The van der Waals surface area contributed by atoms with Crippen molar-refractivity contribution >= 4 is 17.2 Å². The van der Waals surface area contributed by atoms with E-state index in [1.165, 1.54) is 12.8 Å². The van der Waals surface area contributed by atoms with Gasteiger partial charge in [0, 0.05) is 12.5 Å². The Balaban J connectivity index is 2.46. The number of hydrogen-bond acceptors (Lipinski definition) is 2. The fraction of sp³-hybridized carbons (Fsp3) is 0.889. The molecular formula is C9H17NOS. The molecule has 0 bridgehead atoms. The molecular weight excluding hydrogens is 170 g/mol. The summed E-state index contributed by atoms with van der Waals surface area (Å²) in [4.78, 5) is 0.615. The van der Waals surface area contributed by atoms with Gasteiger partial charge in [-0.2, -0.15) is 0 Å². The third kappa shape index (κ3) is 2.42. The second-order valence-corrected chi connectivity index (χ2v) is 3.79. The molecule has 0 aromatic carbocycles. The van der Waals surface area contributed by atoms with Gasteiger partial charge in [0.25, 0.3) is 0 Å². The molecule has 2 atom stereocenters. The second kappa shape index (κ2) is 4.77. The lowest BCUT2D eigenvalue weighted by molar-refractivity contribution is -0.00474. The smallest absolute Gasteiger partial charge is 0.0784 e. The van der Waals surface area contributed by atoms with Crippen LogP contribution in [0.4, 0.5) is 0 Å². The molecule has 2 N–H and O–H groups in total. The molecule has 2 nitrogen and oxygen atoms in total. The molecule has 0 aromatic rings. The fourth-order valence-electron chi connectivity index (χ4n) is 1.73. The Kier molecular flexibility index (Phi) is 3.95. The summed E-state index contributed by atoms with van der Waals surface area (Å²) in [6.07, 6.45) is 4.85. The van der Waals surface area contributed by atoms with E-state index in [2.05, 4.69) is 6.92 Å². The Hall–Kier alpha value is -0.150. The maximum Gasteiger partial charge on any atom is 0.0784 e. The summed E-state index contributed by atoms with van der Waals surface area (Å²) in [7, 11) is 0. The van der Waals surface area contributed by atoms with Gasteiger partial charge < -0.3 is 10.5 Å². The highest BCUT2D eigenvalue weighted by molar-refractivity contribution is 7.80. The maximum absolute atomic E-state index is 5.63. The van der Waals surface area contributed by atoms with Gasteiger partial charge in [-0.3, -0.25) is 0 Å². The molecule has 0 amide bonds. The van der Waals surface area contributed by atoms with Crippen LogP contribution in [0.3, 0.4) is 0 Å². The van der Waals surface area contributed by atoms with Crippen molar-refractivity contribution in [1.82, 2.24) is 0 Å². The van der Waals surface area contributed by atoms with Gasteiger partial charge >= 0.3 is 0 Å². The van der Waals surface area contributed by atoms with E-state index in [-0.39, 0.29) is 0 Å². The third-order valence-corrected chi connectivity index (χ3v) is 2.77. The van der Waals surface area contributed by atoms with Crippen molar-refractivity contribution in [3.63, 3.8) is 0 Å². The molecule has 1 heterocycles. The number of hydrogen-bond donors (Lipinski definition) is 1. The Morgan fingerprint density at radius 1 is 1.67 bits per heavy atom. The Morgan fingerprint density at radius 2 is 2.42 bits per heavy atom. The number of thiocarbonyl (C=S) groups is 1. The first-order valence-electron chi connectivity index (χ1n) is 4.66. The highest BCUT2D eigenvalue weighted by atomic mass is 32.1. The van der Waals surface area contributed by atoms with Crippen molar-refractivity contribution in [2.24, 2.45) is 11.7 Å². The molecule has 3 heteroatoms. The van der Waals surface area contributed by atoms with Crippen LogP contribution in [0.2, 0.25) is 0 Å². The molecule has 70 valence electrons. The summed E-state index contributed by atoms with van der Waals surface area (Å²) in [5.74, 6) is 0.292. The van der Waals surface area contributed by atoms with E-state index in [1.54, 1.807) is 0 Å². The number of nitrogens with two attached hydrogens (primary N) is 1. The normalized spacial score (nSPS) is 26.6. The van der Waals surface area contributed by atoms with E-state index in [9.17, 15) is 0 Å². The van der Waals surface area contributed by atoms with Crippen molar-refractivity contribution < 1.29 is 4.74 Å². The first-order chi connectivity index (χ1) is 5.75. The summed E-state index contributed by atoms with van der Waals surface area (Å²) < 4.78 is 5.62. The predicted octanol–water partition coefficient (Wildman–Crippen LogP) is 1.87. The van der Waals surface area contributed by atoms with Crippen molar-refractivity contribution in [2.75, 3.05) is 6.61 Å². The van der Waals surface area contributed by atoms with Gasteiger partial charge in [-0.25, -0.2) is 0 Å². The first-order valence-corrected chi connectivity index (χ1v) is 5.07. The van der Waals surface area contributed by atoms with E-state index in [0.717, 1.165) is 19.4 Å². The lowest BCUT2D eigenvalue weighted by Gasteiger charge is -2.28. The molecule has 1 aliphatic heterocycles. The zero-order valence-corrected chi connectivity index (χ0v) is 8.40. The van der Waals surface area contributed by atoms with Gasteiger partial charge in [0.2, 0.25) is 0 Å². The van der Waals surface area contributed by atoms with Crippen molar-refractivity contribution in [3.05, 3.63) is 0 Å². The zero-order chi connectivity index (χ0) is 8.97. The summed E-state index contributed by atoms with van der Waals surface area (Å²) in [6, 6.07) is 0. The van der Waals surface area contributed by atoms with Gasteiger partial charge in [-0.15, -0.1) is 0 Å². The van der Waals surface area contributed by atoms with E-state index in [1.807, 2.05) is 0 Å². The van der Waals surface area contributed by atoms with Gasteiger partial charge in [0.05, 0.1) is 11.1 Å². The van der Waals surface area contributed by atoms with Crippen molar-refractivity contribution in [3.8, 4) is 0 Å². The fourth-order valence-corrected chi connectivity index (χ4v) is 2.05. The van der Waals surface area contributed by atoms with Gasteiger partial charge in [0.15, 0.2) is 0 Å². The first kappa shape index (κ1) is 9.93. The van der Waals surface area contributed by atoms with Crippen LogP contribution in [0.1, 0.15) is 32.6 Å². The SMILES string of the molecule is CCC(C(N)=S)C1CCCCO1. The minimum atomic E-state index is 0.292. The minimum absolute atomic E-state index is 0.292. The molecule has 1 rings (SSSR count). The van der Waals surface area contributed by atoms with Gasteiger partial charge in [-0.1, -0.05) is 19.1 Å². The number of ether oxygens (including phenoxy) is 1. The van der Waals surface area contributed by atoms with E-state index in [4.69, 9.17) is 22.7 Å². The lowest BCUT2D eigenvalue weighted by atomic mass is 9.93. The monoisotopic (exact) mass is 187 g/mol. The van der Waals surface area contributed by atoms with Gasteiger partial charge in [0.1, 0.15) is 0 Å². The molecule has 0 saturated carbocycles. The maximum atomic E-state index is 5.63. The highest BCUT2D eigenvalue weighted by Crippen LogP contribution is 2.22. The lowest BCUT2D eigenvalue weighted by Crippen LogP contribution is -2.35. The van der Waals surface area contributed by atoms with Gasteiger partial charge in [-0.05, 0) is 25.7 Å². The molecule has 1 aliphatic rings. The van der Waals surface area contributed by atoms with Crippen LogP contribution in [0.5, 0.6) is 0 Å². The molecule has 0 aliphatic carbocycles. The van der Waals surface area contributed by atoms with E-state index >= 15 is 0 Å². The quantitative estimate of drug-likeness (QED) is 0.685. The molecule has 0 aromatic heterocycles. The van der Waals surface area contributed by atoms with Crippen LogP contribution >= 0.6 is 12.2 Å².